The van der Waals surface area contributed by atoms with E-state index in [0.29, 0.717) is 12.1 Å². The number of piperidine rings is 2. The average molecular weight is 237 g/mol. The van der Waals surface area contributed by atoms with Gasteiger partial charge in [-0.15, -0.1) is 0 Å². The Hall–Kier alpha value is -0.120. The standard InChI is InChI=1S/C14H27N3/c1-3-10(2)17-11-6-4-8-15-13(11)14-12(17)7-5-9-16-14/h10-16H,3-9H2,1-2H3. The molecule has 3 saturated heterocycles. The third-order valence-corrected chi connectivity index (χ3v) is 5.20. The van der Waals surface area contributed by atoms with Gasteiger partial charge in [0.05, 0.1) is 0 Å². The summed E-state index contributed by atoms with van der Waals surface area (Å²) in [6.45, 7) is 7.20. The lowest BCUT2D eigenvalue weighted by Gasteiger charge is -2.38. The summed E-state index contributed by atoms with van der Waals surface area (Å²) in [6, 6.07) is 3.75. The molecule has 3 nitrogen and oxygen atoms in total. The van der Waals surface area contributed by atoms with Gasteiger partial charge in [-0.25, -0.2) is 0 Å². The largest absolute Gasteiger partial charge is 0.311 e. The average Bonchev–Trinajstić information content (AvgIpc) is 2.72. The van der Waals surface area contributed by atoms with Crippen molar-refractivity contribution < 1.29 is 0 Å². The molecular formula is C14H27N3. The lowest BCUT2D eigenvalue weighted by molar-refractivity contribution is 0.100. The van der Waals surface area contributed by atoms with Crippen LogP contribution in [-0.2, 0) is 0 Å². The molecule has 98 valence electrons. The molecule has 0 amide bonds. The first-order valence-electron chi connectivity index (χ1n) is 7.57. The van der Waals surface area contributed by atoms with E-state index in [9.17, 15) is 0 Å². The molecule has 5 atom stereocenters. The third-order valence-electron chi connectivity index (χ3n) is 5.20. The van der Waals surface area contributed by atoms with Crippen LogP contribution in [0.2, 0.25) is 0 Å². The van der Waals surface area contributed by atoms with Gasteiger partial charge in [-0.2, -0.15) is 0 Å². The van der Waals surface area contributed by atoms with Crippen LogP contribution in [0, 0.1) is 0 Å². The van der Waals surface area contributed by atoms with Gasteiger partial charge in [-0.05, 0) is 52.1 Å². The number of likely N-dealkylation sites (tertiary alicyclic amines) is 1. The topological polar surface area (TPSA) is 27.3 Å². The second kappa shape index (κ2) is 4.87. The predicted octanol–water partition coefficient (Wildman–Crippen LogP) is 1.34. The Labute approximate surface area is 105 Å². The highest BCUT2D eigenvalue weighted by molar-refractivity contribution is 5.11. The minimum absolute atomic E-state index is 0.711. The number of hydrogen-bond donors (Lipinski definition) is 2. The highest BCUT2D eigenvalue weighted by Crippen LogP contribution is 2.36. The summed E-state index contributed by atoms with van der Waals surface area (Å²) in [7, 11) is 0. The monoisotopic (exact) mass is 237 g/mol. The normalized spacial score (nSPS) is 44.1. The summed E-state index contributed by atoms with van der Waals surface area (Å²) < 4.78 is 0. The molecule has 17 heavy (non-hydrogen) atoms. The number of nitrogens with zero attached hydrogens (tertiary/aromatic N) is 1. The van der Waals surface area contributed by atoms with Crippen molar-refractivity contribution in [1.82, 2.24) is 15.5 Å². The maximum absolute atomic E-state index is 3.79. The van der Waals surface area contributed by atoms with Crippen LogP contribution < -0.4 is 10.6 Å². The number of rotatable bonds is 2. The SMILES string of the molecule is CCC(C)N1C2CCCNC2C2NCCCC21. The highest BCUT2D eigenvalue weighted by Gasteiger charge is 2.50. The zero-order chi connectivity index (χ0) is 11.8. The van der Waals surface area contributed by atoms with Gasteiger partial charge in [0, 0.05) is 30.2 Å². The van der Waals surface area contributed by atoms with Crippen molar-refractivity contribution in [3.63, 3.8) is 0 Å². The van der Waals surface area contributed by atoms with Crippen molar-refractivity contribution in [2.45, 2.75) is 76.2 Å². The van der Waals surface area contributed by atoms with Crippen LogP contribution in [0.5, 0.6) is 0 Å². The van der Waals surface area contributed by atoms with Crippen molar-refractivity contribution in [3.05, 3.63) is 0 Å². The Kier molecular flexibility index (Phi) is 3.42. The molecule has 0 aromatic heterocycles. The van der Waals surface area contributed by atoms with Crippen LogP contribution in [0.25, 0.3) is 0 Å². The molecule has 0 bridgehead atoms. The molecule has 0 aliphatic carbocycles. The fraction of sp³-hybridized carbons (Fsp3) is 1.00. The minimum atomic E-state index is 0.711. The van der Waals surface area contributed by atoms with Gasteiger partial charge in [0.15, 0.2) is 0 Å². The molecule has 3 rings (SSSR count). The van der Waals surface area contributed by atoms with E-state index in [4.69, 9.17) is 0 Å². The van der Waals surface area contributed by atoms with Crippen molar-refractivity contribution in [3.8, 4) is 0 Å². The van der Waals surface area contributed by atoms with E-state index >= 15 is 0 Å². The van der Waals surface area contributed by atoms with Crippen molar-refractivity contribution >= 4 is 0 Å². The Morgan fingerprint density at radius 2 is 1.59 bits per heavy atom. The van der Waals surface area contributed by atoms with E-state index < -0.39 is 0 Å². The van der Waals surface area contributed by atoms with E-state index in [0.717, 1.165) is 18.1 Å². The second-order valence-corrected chi connectivity index (χ2v) is 6.08. The van der Waals surface area contributed by atoms with E-state index in [2.05, 4.69) is 29.4 Å². The molecule has 3 aliphatic heterocycles. The van der Waals surface area contributed by atoms with Gasteiger partial charge in [0.25, 0.3) is 0 Å². The fourth-order valence-corrected chi connectivity index (χ4v) is 4.30. The summed E-state index contributed by atoms with van der Waals surface area (Å²) >= 11 is 0. The Bertz CT molecular complexity index is 246. The Morgan fingerprint density at radius 1 is 1.06 bits per heavy atom. The van der Waals surface area contributed by atoms with Gasteiger partial charge in [-0.1, -0.05) is 6.92 Å². The molecule has 3 heterocycles. The molecule has 0 radical (unpaired) electrons. The van der Waals surface area contributed by atoms with Crippen LogP contribution in [0.1, 0.15) is 46.0 Å². The first kappa shape index (κ1) is 11.9. The Balaban J connectivity index is 1.84. The minimum Gasteiger partial charge on any atom is -0.311 e. The van der Waals surface area contributed by atoms with Gasteiger partial charge in [0.2, 0.25) is 0 Å². The number of nitrogens with one attached hydrogen (secondary N) is 2. The van der Waals surface area contributed by atoms with Crippen molar-refractivity contribution in [1.29, 1.82) is 0 Å². The molecule has 0 spiro atoms. The van der Waals surface area contributed by atoms with Gasteiger partial charge >= 0.3 is 0 Å². The van der Waals surface area contributed by atoms with Gasteiger partial charge in [-0.3, -0.25) is 4.90 Å². The van der Waals surface area contributed by atoms with Crippen molar-refractivity contribution in [2.75, 3.05) is 13.1 Å². The van der Waals surface area contributed by atoms with E-state index in [1.54, 1.807) is 0 Å². The molecule has 3 heteroatoms. The maximum atomic E-state index is 3.79. The quantitative estimate of drug-likeness (QED) is 0.759. The number of fused-ring (bicyclic) bond motifs is 3. The molecule has 3 aliphatic rings. The number of hydrogen-bond acceptors (Lipinski definition) is 3. The fourth-order valence-electron chi connectivity index (χ4n) is 4.30. The smallest absolute Gasteiger partial charge is 0.0393 e. The third kappa shape index (κ3) is 1.92. The zero-order valence-corrected chi connectivity index (χ0v) is 11.3. The lowest BCUT2D eigenvalue weighted by Crippen LogP contribution is -2.55. The molecular weight excluding hydrogens is 210 g/mol. The van der Waals surface area contributed by atoms with E-state index in [1.165, 1.54) is 45.2 Å². The molecule has 0 aromatic carbocycles. The van der Waals surface area contributed by atoms with Crippen LogP contribution in [-0.4, -0.2) is 48.2 Å². The lowest BCUT2D eigenvalue weighted by atomic mass is 9.92. The summed E-state index contributed by atoms with van der Waals surface area (Å²) in [5.74, 6) is 0. The maximum Gasteiger partial charge on any atom is 0.0393 e. The molecule has 2 N–H and O–H groups in total. The zero-order valence-electron chi connectivity index (χ0n) is 11.3. The van der Waals surface area contributed by atoms with E-state index in [-0.39, 0.29) is 0 Å². The van der Waals surface area contributed by atoms with Gasteiger partial charge < -0.3 is 10.6 Å². The van der Waals surface area contributed by atoms with Gasteiger partial charge in [0.1, 0.15) is 0 Å². The van der Waals surface area contributed by atoms with Crippen LogP contribution in [0.15, 0.2) is 0 Å². The summed E-state index contributed by atoms with van der Waals surface area (Å²) in [6.07, 6.45) is 6.79. The summed E-state index contributed by atoms with van der Waals surface area (Å²) in [4.78, 5) is 2.85. The molecule has 5 unspecified atom stereocenters. The van der Waals surface area contributed by atoms with Crippen LogP contribution in [0.3, 0.4) is 0 Å². The summed E-state index contributed by atoms with van der Waals surface area (Å²) in [5, 5.41) is 7.57. The van der Waals surface area contributed by atoms with Crippen LogP contribution >= 0.6 is 0 Å². The first-order chi connectivity index (χ1) is 8.33. The van der Waals surface area contributed by atoms with E-state index in [1.807, 2.05) is 0 Å². The second-order valence-electron chi connectivity index (χ2n) is 6.08. The molecule has 0 saturated carbocycles. The van der Waals surface area contributed by atoms with Crippen molar-refractivity contribution in [2.24, 2.45) is 0 Å². The molecule has 0 aromatic rings. The predicted molar refractivity (Wildman–Crippen MR) is 71.2 cm³/mol. The van der Waals surface area contributed by atoms with Crippen LogP contribution in [0.4, 0.5) is 0 Å². The molecule has 3 fully saturated rings. The Morgan fingerprint density at radius 3 is 2.06 bits per heavy atom. The summed E-state index contributed by atoms with van der Waals surface area (Å²) in [5.41, 5.74) is 0. The first-order valence-corrected chi connectivity index (χ1v) is 7.57. The highest BCUT2D eigenvalue weighted by atomic mass is 15.3.